The normalized spacial score (nSPS) is 11.5. The number of nitrogens with two attached hydrogens (primary N) is 1. The maximum absolute atomic E-state index is 5.69. The summed E-state index contributed by atoms with van der Waals surface area (Å²) >= 11 is 3.27. The number of furan rings is 1. The lowest BCUT2D eigenvalue weighted by atomic mass is 10.1. The van der Waals surface area contributed by atoms with Crippen LogP contribution in [0.2, 0.25) is 0 Å². The van der Waals surface area contributed by atoms with Crippen molar-refractivity contribution < 1.29 is 9.25 Å². The summed E-state index contributed by atoms with van der Waals surface area (Å²) in [6.07, 6.45) is 0. The Morgan fingerprint density at radius 2 is 1.94 bits per heavy atom. The molecular formula is C12H11BrN2O2. The Labute approximate surface area is 107 Å². The summed E-state index contributed by atoms with van der Waals surface area (Å²) in [6, 6.07) is 11.3. The van der Waals surface area contributed by atoms with Crippen LogP contribution in [0.1, 0.15) is 5.56 Å². The first-order valence-electron chi connectivity index (χ1n) is 4.93. The molecule has 0 fully saturated rings. The van der Waals surface area contributed by atoms with Crippen molar-refractivity contribution in [2.24, 2.45) is 10.9 Å². The molecule has 88 valence electrons. The lowest BCUT2D eigenvalue weighted by molar-refractivity contribution is 0.213. The summed E-state index contributed by atoms with van der Waals surface area (Å²) < 4.78 is 6.15. The van der Waals surface area contributed by atoms with Crippen molar-refractivity contribution in [2.45, 2.75) is 0 Å². The highest BCUT2D eigenvalue weighted by Crippen LogP contribution is 2.25. The van der Waals surface area contributed by atoms with E-state index in [4.69, 9.17) is 10.2 Å². The van der Waals surface area contributed by atoms with Gasteiger partial charge in [-0.1, -0.05) is 29.4 Å². The Morgan fingerprint density at radius 1 is 1.24 bits per heavy atom. The van der Waals surface area contributed by atoms with Gasteiger partial charge in [0.15, 0.2) is 10.5 Å². The topological polar surface area (TPSA) is 60.8 Å². The Hall–Kier alpha value is -1.75. The van der Waals surface area contributed by atoms with Crippen molar-refractivity contribution in [3.8, 4) is 11.3 Å². The van der Waals surface area contributed by atoms with Gasteiger partial charge in [-0.05, 0) is 28.1 Å². The predicted octanol–water partition coefficient (Wildman–Crippen LogP) is 2.98. The van der Waals surface area contributed by atoms with Gasteiger partial charge in [0.2, 0.25) is 0 Å². The van der Waals surface area contributed by atoms with Gasteiger partial charge in [0.1, 0.15) is 12.9 Å². The van der Waals surface area contributed by atoms with Crippen LogP contribution in [-0.2, 0) is 4.84 Å². The molecule has 0 aliphatic carbocycles. The number of hydrogen-bond donors (Lipinski definition) is 1. The first kappa shape index (κ1) is 11.7. The smallest absolute Gasteiger partial charge is 0.170 e. The molecule has 0 aliphatic rings. The molecule has 0 aliphatic heterocycles. The monoisotopic (exact) mass is 294 g/mol. The Kier molecular flexibility index (Phi) is 3.49. The Morgan fingerprint density at radius 3 is 2.47 bits per heavy atom. The summed E-state index contributed by atoms with van der Waals surface area (Å²) in [5.74, 6) is 1.14. The maximum Gasteiger partial charge on any atom is 0.170 e. The van der Waals surface area contributed by atoms with Gasteiger partial charge in [0.25, 0.3) is 0 Å². The first-order chi connectivity index (χ1) is 8.20. The predicted molar refractivity (Wildman–Crippen MR) is 69.6 cm³/mol. The number of oxime groups is 1. The number of amidine groups is 1. The molecule has 17 heavy (non-hydrogen) atoms. The second-order valence-electron chi connectivity index (χ2n) is 3.34. The highest BCUT2D eigenvalue weighted by atomic mass is 79.9. The van der Waals surface area contributed by atoms with Crippen LogP contribution in [0.25, 0.3) is 11.3 Å². The zero-order chi connectivity index (χ0) is 12.3. The molecule has 4 nitrogen and oxygen atoms in total. The van der Waals surface area contributed by atoms with Gasteiger partial charge in [-0.2, -0.15) is 0 Å². The third-order valence-corrected chi connectivity index (χ3v) is 2.65. The summed E-state index contributed by atoms with van der Waals surface area (Å²) in [7, 11) is 1.46. The summed E-state index contributed by atoms with van der Waals surface area (Å²) in [6.45, 7) is 0. The van der Waals surface area contributed by atoms with Crippen molar-refractivity contribution >= 4 is 21.8 Å². The van der Waals surface area contributed by atoms with E-state index in [1.165, 1.54) is 7.11 Å². The Bertz CT molecular complexity index is 532. The fraction of sp³-hybridized carbons (Fsp3) is 0.0833. The van der Waals surface area contributed by atoms with Crippen molar-refractivity contribution in [3.05, 3.63) is 46.6 Å². The van der Waals surface area contributed by atoms with E-state index in [1.807, 2.05) is 36.4 Å². The fourth-order valence-corrected chi connectivity index (χ4v) is 1.73. The van der Waals surface area contributed by atoms with Crippen LogP contribution in [0, 0.1) is 0 Å². The van der Waals surface area contributed by atoms with Crippen molar-refractivity contribution in [2.75, 3.05) is 7.11 Å². The molecule has 0 amide bonds. The largest absolute Gasteiger partial charge is 0.449 e. The molecule has 1 heterocycles. The third kappa shape index (κ3) is 2.68. The van der Waals surface area contributed by atoms with Crippen LogP contribution in [0.4, 0.5) is 0 Å². The molecule has 1 aromatic carbocycles. The SMILES string of the molecule is CO/N=C(\N)c1ccc(-c2ccc(Br)o2)cc1. The highest BCUT2D eigenvalue weighted by Gasteiger charge is 2.04. The Balaban J connectivity index is 2.27. The van der Waals surface area contributed by atoms with E-state index in [1.54, 1.807) is 0 Å². The fourth-order valence-electron chi connectivity index (χ4n) is 1.43. The molecule has 2 rings (SSSR count). The molecule has 2 aromatic rings. The van der Waals surface area contributed by atoms with E-state index in [2.05, 4.69) is 25.9 Å². The van der Waals surface area contributed by atoms with E-state index in [0.29, 0.717) is 10.5 Å². The van der Waals surface area contributed by atoms with Gasteiger partial charge in [-0.15, -0.1) is 0 Å². The van der Waals surface area contributed by atoms with Crippen LogP contribution in [0.15, 0.2) is 50.6 Å². The second-order valence-corrected chi connectivity index (χ2v) is 4.12. The van der Waals surface area contributed by atoms with Crippen molar-refractivity contribution in [1.29, 1.82) is 0 Å². The average Bonchev–Trinajstić information content (AvgIpc) is 2.76. The molecule has 0 radical (unpaired) electrons. The lowest BCUT2D eigenvalue weighted by Gasteiger charge is -2.01. The number of nitrogens with zero attached hydrogens (tertiary/aromatic N) is 1. The molecule has 0 atom stereocenters. The van der Waals surface area contributed by atoms with Gasteiger partial charge in [-0.25, -0.2) is 0 Å². The molecule has 0 unspecified atom stereocenters. The third-order valence-electron chi connectivity index (χ3n) is 2.23. The van der Waals surface area contributed by atoms with Crippen molar-refractivity contribution in [1.82, 2.24) is 0 Å². The van der Waals surface area contributed by atoms with Crippen LogP contribution >= 0.6 is 15.9 Å². The minimum absolute atomic E-state index is 0.347. The van der Waals surface area contributed by atoms with Gasteiger partial charge in [0, 0.05) is 11.1 Å². The van der Waals surface area contributed by atoms with Crippen LogP contribution in [0.3, 0.4) is 0 Å². The average molecular weight is 295 g/mol. The number of benzene rings is 1. The van der Waals surface area contributed by atoms with E-state index in [0.717, 1.165) is 16.9 Å². The first-order valence-corrected chi connectivity index (χ1v) is 5.73. The molecule has 0 bridgehead atoms. The van der Waals surface area contributed by atoms with E-state index in [9.17, 15) is 0 Å². The van der Waals surface area contributed by atoms with Crippen LogP contribution in [-0.4, -0.2) is 12.9 Å². The molecular weight excluding hydrogens is 284 g/mol. The minimum Gasteiger partial charge on any atom is -0.449 e. The van der Waals surface area contributed by atoms with Crippen LogP contribution < -0.4 is 5.73 Å². The minimum atomic E-state index is 0.347. The number of rotatable bonds is 3. The van der Waals surface area contributed by atoms with Gasteiger partial charge < -0.3 is 15.0 Å². The molecule has 0 spiro atoms. The molecule has 0 saturated heterocycles. The van der Waals surface area contributed by atoms with Crippen molar-refractivity contribution in [3.63, 3.8) is 0 Å². The number of halogens is 1. The molecule has 5 heteroatoms. The zero-order valence-corrected chi connectivity index (χ0v) is 10.8. The van der Waals surface area contributed by atoms with E-state index < -0.39 is 0 Å². The van der Waals surface area contributed by atoms with E-state index in [-0.39, 0.29) is 0 Å². The van der Waals surface area contributed by atoms with Gasteiger partial charge in [-0.3, -0.25) is 0 Å². The van der Waals surface area contributed by atoms with E-state index >= 15 is 0 Å². The second kappa shape index (κ2) is 5.05. The summed E-state index contributed by atoms with van der Waals surface area (Å²) in [5, 5.41) is 3.66. The highest BCUT2D eigenvalue weighted by molar-refractivity contribution is 9.10. The van der Waals surface area contributed by atoms with Gasteiger partial charge >= 0.3 is 0 Å². The maximum atomic E-state index is 5.69. The zero-order valence-electron chi connectivity index (χ0n) is 9.18. The number of hydrogen-bond acceptors (Lipinski definition) is 3. The summed E-state index contributed by atoms with van der Waals surface area (Å²) in [4.78, 5) is 4.61. The quantitative estimate of drug-likeness (QED) is 0.538. The molecule has 0 saturated carbocycles. The van der Waals surface area contributed by atoms with Crippen LogP contribution in [0.5, 0.6) is 0 Å². The van der Waals surface area contributed by atoms with Gasteiger partial charge in [0.05, 0.1) is 0 Å². The molecule has 1 aromatic heterocycles. The lowest BCUT2D eigenvalue weighted by Crippen LogP contribution is -2.13. The standard InChI is InChI=1S/C12H11BrN2O2/c1-16-15-12(14)9-4-2-8(3-5-9)10-6-7-11(13)17-10/h2-7H,1H3,(H2,14,15). The summed E-state index contributed by atoms with van der Waals surface area (Å²) in [5.41, 5.74) is 7.48. The molecule has 2 N–H and O–H groups in total.